The van der Waals surface area contributed by atoms with Crippen LogP contribution >= 0.6 is 13.6 Å². The third kappa shape index (κ3) is 6.17. The van der Waals surface area contributed by atoms with Crippen LogP contribution in [0.1, 0.15) is 13.3 Å². The summed E-state index contributed by atoms with van der Waals surface area (Å²) in [6.45, 7) is 2.63. The average Bonchev–Trinajstić information content (AvgIpc) is 2.18. The maximum atomic E-state index is 12.5. The van der Waals surface area contributed by atoms with Gasteiger partial charge in [-0.2, -0.15) is 6.07 Å². The average molecular weight is 298 g/mol. The summed E-state index contributed by atoms with van der Waals surface area (Å²) in [5.41, 5.74) is 0. The van der Waals surface area contributed by atoms with Gasteiger partial charge in [0, 0.05) is 11.6 Å². The van der Waals surface area contributed by atoms with Crippen LogP contribution in [0.15, 0.2) is 18.2 Å². The molecule has 4 heteroatoms. The summed E-state index contributed by atoms with van der Waals surface area (Å²) in [5.74, 6) is 0.241. The van der Waals surface area contributed by atoms with E-state index in [1.165, 1.54) is 28.5 Å². The summed E-state index contributed by atoms with van der Waals surface area (Å²) in [6.07, 6.45) is 0.927. The van der Waals surface area contributed by atoms with Crippen molar-refractivity contribution in [3.8, 4) is 5.75 Å². The predicted molar refractivity (Wildman–Crippen MR) is 49.9 cm³/mol. The van der Waals surface area contributed by atoms with Crippen molar-refractivity contribution in [3.63, 3.8) is 0 Å². The fourth-order valence-corrected chi connectivity index (χ4v) is 0.726. The van der Waals surface area contributed by atoms with Crippen molar-refractivity contribution in [2.75, 3.05) is 6.61 Å². The van der Waals surface area contributed by atoms with E-state index in [1.54, 1.807) is 6.07 Å². The molecule has 0 aliphatic carbocycles. The molecule has 0 radical (unpaired) electrons. The molecule has 0 saturated heterocycles. The summed E-state index contributed by atoms with van der Waals surface area (Å²) in [6, 6.07) is 6.89. The van der Waals surface area contributed by atoms with E-state index in [-0.39, 0.29) is 5.82 Å². The van der Waals surface area contributed by atoms with Crippen LogP contribution in [-0.2, 0) is 16.3 Å². The van der Waals surface area contributed by atoms with E-state index in [4.69, 9.17) is 4.74 Å². The third-order valence-electron chi connectivity index (χ3n) is 1.20. The Balaban J connectivity index is 0.000000671. The Morgan fingerprint density at radius 1 is 1.54 bits per heavy atom. The fourth-order valence-electron chi connectivity index (χ4n) is 0.726. The summed E-state index contributed by atoms with van der Waals surface area (Å²) < 4.78 is 17.6. The molecule has 0 spiro atoms. The zero-order valence-corrected chi connectivity index (χ0v) is 12.1. The quantitative estimate of drug-likeness (QED) is 0.615. The molecule has 1 aromatic rings. The zero-order valence-electron chi connectivity index (χ0n) is 7.52. The minimum atomic E-state index is -0.307. The first kappa shape index (κ1) is 13.1. The van der Waals surface area contributed by atoms with Gasteiger partial charge in [0.25, 0.3) is 0 Å². The van der Waals surface area contributed by atoms with Crippen molar-refractivity contribution in [1.29, 1.82) is 0 Å². The van der Waals surface area contributed by atoms with E-state index in [1.807, 2.05) is 6.92 Å². The van der Waals surface area contributed by atoms with Crippen LogP contribution in [0.4, 0.5) is 4.39 Å². The van der Waals surface area contributed by atoms with Crippen molar-refractivity contribution in [2.45, 2.75) is 13.3 Å². The minimum absolute atomic E-state index is 0.307. The third-order valence-corrected chi connectivity index (χ3v) is 1.20. The van der Waals surface area contributed by atoms with Gasteiger partial charge in [0.2, 0.25) is 0 Å². The Morgan fingerprint density at radius 3 is 2.77 bits per heavy atom. The molecule has 0 N–H and O–H groups in total. The molecule has 0 heterocycles. The van der Waals surface area contributed by atoms with Crippen LogP contribution in [-0.4, -0.2) is 6.61 Å². The van der Waals surface area contributed by atoms with Crippen molar-refractivity contribution >= 4 is 13.6 Å². The Kier molecular flexibility index (Phi) is 8.68. The van der Waals surface area contributed by atoms with Crippen LogP contribution in [0.25, 0.3) is 0 Å². The number of ether oxygens (including phenoxy) is 1. The summed E-state index contributed by atoms with van der Waals surface area (Å²) in [4.78, 5) is 0. The summed E-state index contributed by atoms with van der Waals surface area (Å²) >= 11 is 4.25. The van der Waals surface area contributed by atoms with Gasteiger partial charge in [-0.1, -0.05) is 13.0 Å². The van der Waals surface area contributed by atoms with E-state index in [0.29, 0.717) is 12.4 Å². The van der Waals surface area contributed by atoms with Crippen LogP contribution in [0.3, 0.4) is 0 Å². The molecule has 1 aromatic carbocycles. The summed E-state index contributed by atoms with van der Waals surface area (Å²) in [5, 5.41) is 0. The Bertz CT molecular complexity index is 233. The first-order valence-corrected chi connectivity index (χ1v) is 10.8. The van der Waals surface area contributed by atoms with Crippen molar-refractivity contribution in [1.82, 2.24) is 0 Å². The molecule has 13 heavy (non-hydrogen) atoms. The topological polar surface area (TPSA) is 9.23 Å². The van der Waals surface area contributed by atoms with Gasteiger partial charge in [0.1, 0.15) is 0 Å². The Labute approximate surface area is 94.7 Å². The fraction of sp³-hybridized carbons (Fsp3) is 0.333. The molecule has 68 valence electrons. The number of rotatable bonds is 3. The molecule has 0 atom stereocenters. The second-order valence-corrected chi connectivity index (χ2v) is 2.24. The second-order valence-electron chi connectivity index (χ2n) is 2.24. The second kappa shape index (κ2) is 8.64. The maximum absolute atomic E-state index is 12.5. The SMILES string of the molecule is CCCOc1c[c-]cc(F)c1.[Zn+][Br]. The van der Waals surface area contributed by atoms with Crippen molar-refractivity contribution in [3.05, 3.63) is 30.1 Å². The first-order chi connectivity index (χ1) is 6.33. The van der Waals surface area contributed by atoms with E-state index in [2.05, 4.69) is 19.7 Å². The van der Waals surface area contributed by atoms with E-state index < -0.39 is 0 Å². The number of hydrogen-bond donors (Lipinski definition) is 0. The molecule has 1 nitrogen and oxygen atoms in total. The number of benzene rings is 1. The van der Waals surface area contributed by atoms with Gasteiger partial charge in [0.05, 0.1) is 6.61 Å². The molecule has 0 aromatic heterocycles. The van der Waals surface area contributed by atoms with E-state index >= 15 is 0 Å². The van der Waals surface area contributed by atoms with E-state index in [0.717, 1.165) is 6.42 Å². The molecule has 0 unspecified atom stereocenters. The number of halogens is 2. The molecule has 0 amide bonds. The molecule has 0 aliphatic rings. The zero-order chi connectivity index (χ0) is 10.1. The molecule has 0 saturated carbocycles. The van der Waals surface area contributed by atoms with Gasteiger partial charge in [-0.25, -0.2) is 0 Å². The normalized spacial score (nSPS) is 8.69. The Morgan fingerprint density at radius 2 is 2.23 bits per heavy atom. The van der Waals surface area contributed by atoms with Crippen molar-refractivity contribution < 1.29 is 25.5 Å². The van der Waals surface area contributed by atoms with Gasteiger partial charge in [-0.05, 0) is 6.42 Å². The molecule has 1 rings (SSSR count). The molecule has 0 fully saturated rings. The predicted octanol–water partition coefficient (Wildman–Crippen LogP) is 3.26. The van der Waals surface area contributed by atoms with Gasteiger partial charge < -0.3 is 4.74 Å². The molecular weight excluding hydrogens is 288 g/mol. The van der Waals surface area contributed by atoms with Crippen LogP contribution in [0, 0.1) is 11.9 Å². The monoisotopic (exact) mass is 296 g/mol. The van der Waals surface area contributed by atoms with Crippen LogP contribution in [0.2, 0.25) is 0 Å². The molecule has 0 bridgehead atoms. The van der Waals surface area contributed by atoms with Crippen LogP contribution in [0.5, 0.6) is 5.75 Å². The van der Waals surface area contributed by atoms with Crippen LogP contribution < -0.4 is 4.74 Å². The number of hydrogen-bond acceptors (Lipinski definition) is 1. The van der Waals surface area contributed by atoms with Gasteiger partial charge in [-0.15, -0.1) is 12.1 Å². The first-order valence-electron chi connectivity index (χ1n) is 3.89. The summed E-state index contributed by atoms with van der Waals surface area (Å²) in [7, 11) is 0. The van der Waals surface area contributed by atoms with Gasteiger partial charge in [0.15, 0.2) is 0 Å². The van der Waals surface area contributed by atoms with Crippen molar-refractivity contribution in [2.24, 2.45) is 0 Å². The van der Waals surface area contributed by atoms with Gasteiger partial charge >= 0.3 is 30.0 Å². The molecule has 0 aliphatic heterocycles. The van der Waals surface area contributed by atoms with Gasteiger partial charge in [-0.3, -0.25) is 4.39 Å². The standard InChI is InChI=1S/C9H10FO.BrH.Zn/c1-2-6-11-9-5-3-4-8(10)7-9;;/h4-5,7H,2,6H2,1H3;1H;/q-1;;+2/p-1. The van der Waals surface area contributed by atoms with E-state index in [9.17, 15) is 4.39 Å². The molecular formula is C9H10BrFOZn. The Hall–Kier alpha value is 0.0534.